The number of rotatable bonds is 4. The lowest BCUT2D eigenvalue weighted by atomic mass is 10.1. The highest BCUT2D eigenvalue weighted by atomic mass is 16.5. The average Bonchev–Trinajstić information content (AvgIpc) is 2.66. The molecule has 19 heavy (non-hydrogen) atoms. The number of para-hydroxylation sites is 1. The average molecular weight is 259 g/mol. The Morgan fingerprint density at radius 2 is 2.00 bits per heavy atom. The van der Waals surface area contributed by atoms with Crippen LogP contribution in [0.3, 0.4) is 0 Å². The molecule has 0 atom stereocenters. The van der Waals surface area contributed by atoms with Gasteiger partial charge in [-0.3, -0.25) is 0 Å². The molecule has 0 aliphatic carbocycles. The number of hydrogen-bond acceptors (Lipinski definition) is 3. The van der Waals surface area contributed by atoms with E-state index >= 15 is 0 Å². The molecule has 1 aromatic heterocycles. The standard InChI is InChI=1S/C15H21N3O/c1-5-19-13-9-7-6-8-12(13)14-15(16)18(10(2)3)11(4)17-14/h6-10H,5,16H2,1-4H3. The van der Waals surface area contributed by atoms with Crippen LogP contribution in [0.5, 0.6) is 5.75 Å². The fourth-order valence-electron chi connectivity index (χ4n) is 2.36. The number of nitrogen functional groups attached to an aromatic ring is 1. The second-order valence-electron chi connectivity index (χ2n) is 4.79. The number of benzene rings is 1. The van der Waals surface area contributed by atoms with Crippen molar-refractivity contribution < 1.29 is 4.74 Å². The molecule has 0 saturated carbocycles. The van der Waals surface area contributed by atoms with Gasteiger partial charge in [0.1, 0.15) is 23.1 Å². The van der Waals surface area contributed by atoms with Gasteiger partial charge in [0.25, 0.3) is 0 Å². The Bertz CT molecular complexity index is 573. The molecular weight excluding hydrogens is 238 g/mol. The second-order valence-corrected chi connectivity index (χ2v) is 4.79. The highest BCUT2D eigenvalue weighted by molar-refractivity contribution is 5.76. The third kappa shape index (κ3) is 2.43. The van der Waals surface area contributed by atoms with Crippen LogP contribution in [0.25, 0.3) is 11.3 Å². The smallest absolute Gasteiger partial charge is 0.132 e. The van der Waals surface area contributed by atoms with Crippen molar-refractivity contribution in [3.05, 3.63) is 30.1 Å². The zero-order chi connectivity index (χ0) is 14.0. The topological polar surface area (TPSA) is 53.1 Å². The van der Waals surface area contributed by atoms with E-state index in [9.17, 15) is 0 Å². The zero-order valence-electron chi connectivity index (χ0n) is 12.0. The molecule has 0 aliphatic rings. The highest BCUT2D eigenvalue weighted by Crippen LogP contribution is 2.34. The van der Waals surface area contributed by atoms with Gasteiger partial charge in [0.2, 0.25) is 0 Å². The number of aryl methyl sites for hydroxylation is 1. The summed E-state index contributed by atoms with van der Waals surface area (Å²) >= 11 is 0. The summed E-state index contributed by atoms with van der Waals surface area (Å²) in [5, 5.41) is 0. The molecule has 0 radical (unpaired) electrons. The first-order valence-electron chi connectivity index (χ1n) is 6.62. The van der Waals surface area contributed by atoms with Gasteiger partial charge in [-0.25, -0.2) is 4.98 Å². The van der Waals surface area contributed by atoms with Crippen LogP contribution in [-0.2, 0) is 0 Å². The molecule has 4 heteroatoms. The SMILES string of the molecule is CCOc1ccccc1-c1nc(C)n(C(C)C)c1N. The van der Waals surface area contributed by atoms with Crippen LogP contribution in [0.4, 0.5) is 5.82 Å². The number of aromatic nitrogens is 2. The Morgan fingerprint density at radius 3 is 2.58 bits per heavy atom. The Hall–Kier alpha value is -1.97. The molecule has 0 fully saturated rings. The normalized spacial score (nSPS) is 11.0. The summed E-state index contributed by atoms with van der Waals surface area (Å²) in [7, 11) is 0. The Labute approximate surface area is 114 Å². The Kier molecular flexibility index (Phi) is 3.79. The van der Waals surface area contributed by atoms with Crippen LogP contribution in [0.1, 0.15) is 32.6 Å². The number of ether oxygens (including phenoxy) is 1. The van der Waals surface area contributed by atoms with Crippen LogP contribution in [0, 0.1) is 6.92 Å². The molecular formula is C15H21N3O. The van der Waals surface area contributed by atoms with E-state index in [0.29, 0.717) is 18.5 Å². The van der Waals surface area contributed by atoms with Gasteiger partial charge in [-0.05, 0) is 39.8 Å². The van der Waals surface area contributed by atoms with Crippen LogP contribution in [0.2, 0.25) is 0 Å². The van der Waals surface area contributed by atoms with Crippen molar-refractivity contribution in [2.24, 2.45) is 0 Å². The lowest BCUT2D eigenvalue weighted by Crippen LogP contribution is -2.07. The number of hydrogen-bond donors (Lipinski definition) is 1. The number of nitrogens with zero attached hydrogens (tertiary/aromatic N) is 2. The van der Waals surface area contributed by atoms with Crippen molar-refractivity contribution in [3.63, 3.8) is 0 Å². The lowest BCUT2D eigenvalue weighted by Gasteiger charge is -2.12. The van der Waals surface area contributed by atoms with Crippen molar-refractivity contribution in [2.45, 2.75) is 33.7 Å². The fraction of sp³-hybridized carbons (Fsp3) is 0.400. The van der Waals surface area contributed by atoms with E-state index in [2.05, 4.69) is 18.8 Å². The lowest BCUT2D eigenvalue weighted by molar-refractivity contribution is 0.341. The first-order valence-corrected chi connectivity index (χ1v) is 6.62. The molecule has 4 nitrogen and oxygen atoms in total. The maximum absolute atomic E-state index is 6.25. The summed E-state index contributed by atoms with van der Waals surface area (Å²) in [5.41, 5.74) is 8.00. The van der Waals surface area contributed by atoms with E-state index in [4.69, 9.17) is 10.5 Å². The second kappa shape index (κ2) is 5.34. The van der Waals surface area contributed by atoms with Crippen molar-refractivity contribution in [1.82, 2.24) is 9.55 Å². The third-order valence-electron chi connectivity index (χ3n) is 3.08. The molecule has 102 valence electrons. The molecule has 0 amide bonds. The van der Waals surface area contributed by atoms with Crippen molar-refractivity contribution in [1.29, 1.82) is 0 Å². The minimum Gasteiger partial charge on any atom is -0.493 e. The van der Waals surface area contributed by atoms with E-state index < -0.39 is 0 Å². The number of nitrogens with two attached hydrogens (primary N) is 1. The summed E-state index contributed by atoms with van der Waals surface area (Å²) in [6.07, 6.45) is 0. The molecule has 0 unspecified atom stereocenters. The predicted octanol–water partition coefficient (Wildman–Crippen LogP) is 3.42. The zero-order valence-corrected chi connectivity index (χ0v) is 12.0. The highest BCUT2D eigenvalue weighted by Gasteiger charge is 2.18. The van der Waals surface area contributed by atoms with E-state index in [-0.39, 0.29) is 0 Å². The van der Waals surface area contributed by atoms with Crippen molar-refractivity contribution in [2.75, 3.05) is 12.3 Å². The van der Waals surface area contributed by atoms with Crippen LogP contribution < -0.4 is 10.5 Å². The molecule has 1 aromatic carbocycles. The summed E-state index contributed by atoms with van der Waals surface area (Å²) in [4.78, 5) is 4.60. The van der Waals surface area contributed by atoms with Gasteiger partial charge in [0.05, 0.1) is 6.61 Å². The molecule has 0 saturated heterocycles. The molecule has 1 heterocycles. The molecule has 0 aliphatic heterocycles. The van der Waals surface area contributed by atoms with Gasteiger partial charge in [-0.15, -0.1) is 0 Å². The number of imidazole rings is 1. The largest absolute Gasteiger partial charge is 0.493 e. The number of anilines is 1. The first-order chi connectivity index (χ1) is 9.06. The Balaban J connectivity index is 2.57. The van der Waals surface area contributed by atoms with Crippen molar-refractivity contribution >= 4 is 5.82 Å². The molecule has 0 bridgehead atoms. The van der Waals surface area contributed by atoms with Gasteiger partial charge in [-0.2, -0.15) is 0 Å². The van der Waals surface area contributed by atoms with Crippen LogP contribution >= 0.6 is 0 Å². The molecule has 2 N–H and O–H groups in total. The van der Waals surface area contributed by atoms with Gasteiger partial charge in [0, 0.05) is 11.6 Å². The minimum atomic E-state index is 0.292. The van der Waals surface area contributed by atoms with Gasteiger partial charge < -0.3 is 15.0 Å². The van der Waals surface area contributed by atoms with Gasteiger partial charge in [0.15, 0.2) is 0 Å². The Morgan fingerprint density at radius 1 is 1.32 bits per heavy atom. The summed E-state index contributed by atoms with van der Waals surface area (Å²) in [6, 6.07) is 8.16. The molecule has 2 rings (SSSR count). The van der Waals surface area contributed by atoms with Crippen molar-refractivity contribution in [3.8, 4) is 17.0 Å². The summed E-state index contributed by atoms with van der Waals surface area (Å²) in [5.74, 6) is 2.44. The van der Waals surface area contributed by atoms with Gasteiger partial charge >= 0.3 is 0 Å². The maximum Gasteiger partial charge on any atom is 0.132 e. The molecule has 0 spiro atoms. The van der Waals surface area contributed by atoms with E-state index in [0.717, 1.165) is 22.8 Å². The quantitative estimate of drug-likeness (QED) is 0.915. The fourth-order valence-corrected chi connectivity index (χ4v) is 2.36. The van der Waals surface area contributed by atoms with E-state index in [1.165, 1.54) is 0 Å². The van der Waals surface area contributed by atoms with Crippen LogP contribution in [-0.4, -0.2) is 16.2 Å². The minimum absolute atomic E-state index is 0.292. The van der Waals surface area contributed by atoms with E-state index in [1.807, 2.05) is 42.7 Å². The maximum atomic E-state index is 6.25. The summed E-state index contributed by atoms with van der Waals surface area (Å²) < 4.78 is 7.69. The van der Waals surface area contributed by atoms with Gasteiger partial charge in [-0.1, -0.05) is 12.1 Å². The monoisotopic (exact) mass is 259 g/mol. The first kappa shape index (κ1) is 13.5. The molecule has 2 aromatic rings. The third-order valence-corrected chi connectivity index (χ3v) is 3.08. The van der Waals surface area contributed by atoms with E-state index in [1.54, 1.807) is 0 Å². The summed E-state index contributed by atoms with van der Waals surface area (Å²) in [6.45, 7) is 8.77. The predicted molar refractivity (Wildman–Crippen MR) is 78.4 cm³/mol. The van der Waals surface area contributed by atoms with Crippen LogP contribution in [0.15, 0.2) is 24.3 Å².